The third kappa shape index (κ3) is 2.82. The first-order valence-electron chi connectivity index (χ1n) is 5.86. The molecule has 1 aromatic rings. The highest BCUT2D eigenvalue weighted by atomic mass is 16.5. The van der Waals surface area contributed by atoms with Crippen molar-refractivity contribution in [2.24, 2.45) is 5.73 Å². The zero-order chi connectivity index (χ0) is 11.4. The van der Waals surface area contributed by atoms with Gasteiger partial charge in [0.05, 0.1) is 6.61 Å². The Morgan fingerprint density at radius 2 is 2.19 bits per heavy atom. The molecule has 0 spiro atoms. The van der Waals surface area contributed by atoms with Crippen LogP contribution >= 0.6 is 0 Å². The molecule has 1 fully saturated rings. The van der Waals surface area contributed by atoms with Crippen molar-refractivity contribution in [2.45, 2.75) is 18.5 Å². The minimum atomic E-state index is 0.0896. The zero-order valence-corrected chi connectivity index (χ0v) is 9.80. The van der Waals surface area contributed by atoms with Crippen molar-refractivity contribution in [1.29, 1.82) is 0 Å². The summed E-state index contributed by atoms with van der Waals surface area (Å²) in [5.41, 5.74) is 7.38. The van der Waals surface area contributed by atoms with Gasteiger partial charge < -0.3 is 10.5 Å². The molecule has 1 aliphatic heterocycles. The normalized spacial score (nSPS) is 22.6. The van der Waals surface area contributed by atoms with E-state index < -0.39 is 0 Å². The highest BCUT2D eigenvalue weighted by molar-refractivity contribution is 5.18. The van der Waals surface area contributed by atoms with Crippen LogP contribution < -0.4 is 5.73 Å². The molecule has 1 saturated heterocycles. The van der Waals surface area contributed by atoms with Crippen LogP contribution in [0.4, 0.5) is 0 Å². The Balaban J connectivity index is 1.89. The summed E-state index contributed by atoms with van der Waals surface area (Å²) in [6.07, 6.45) is 1.12. The summed E-state index contributed by atoms with van der Waals surface area (Å²) < 4.78 is 5.38. The van der Waals surface area contributed by atoms with Crippen LogP contribution in [0.25, 0.3) is 0 Å². The molecule has 2 unspecified atom stereocenters. The second-order valence-electron chi connectivity index (χ2n) is 4.47. The third-order valence-corrected chi connectivity index (χ3v) is 3.24. The van der Waals surface area contributed by atoms with Crippen LogP contribution in [0.15, 0.2) is 30.3 Å². The predicted molar refractivity (Wildman–Crippen MR) is 65.2 cm³/mol. The lowest BCUT2D eigenvalue weighted by Gasteiger charge is -2.26. The maximum absolute atomic E-state index is 6.18. The molecule has 1 aliphatic rings. The van der Waals surface area contributed by atoms with Crippen LogP contribution in [0.2, 0.25) is 0 Å². The van der Waals surface area contributed by atoms with Crippen molar-refractivity contribution in [3.63, 3.8) is 0 Å². The smallest absolute Gasteiger partial charge is 0.0622 e. The molecular weight excluding hydrogens is 200 g/mol. The Kier molecular flexibility index (Phi) is 3.93. The molecule has 88 valence electrons. The predicted octanol–water partition coefficient (Wildman–Crippen LogP) is 1.41. The van der Waals surface area contributed by atoms with Crippen molar-refractivity contribution in [2.75, 3.05) is 26.8 Å². The molecule has 1 heterocycles. The highest BCUT2D eigenvalue weighted by Crippen LogP contribution is 2.15. The first-order valence-corrected chi connectivity index (χ1v) is 5.86. The molecule has 0 aliphatic carbocycles. The number of benzene rings is 1. The zero-order valence-electron chi connectivity index (χ0n) is 9.80. The third-order valence-electron chi connectivity index (χ3n) is 3.24. The van der Waals surface area contributed by atoms with Gasteiger partial charge in [-0.1, -0.05) is 30.3 Å². The van der Waals surface area contributed by atoms with Gasteiger partial charge in [0.25, 0.3) is 0 Å². The maximum Gasteiger partial charge on any atom is 0.0622 e. The monoisotopic (exact) mass is 220 g/mol. The van der Waals surface area contributed by atoms with Gasteiger partial charge in [0.2, 0.25) is 0 Å². The van der Waals surface area contributed by atoms with E-state index in [0.717, 1.165) is 26.2 Å². The number of hydrogen-bond acceptors (Lipinski definition) is 3. The van der Waals surface area contributed by atoms with Gasteiger partial charge in [0.1, 0.15) is 0 Å². The molecule has 0 bridgehead atoms. The molecule has 1 aromatic carbocycles. The van der Waals surface area contributed by atoms with Gasteiger partial charge in [-0.05, 0) is 19.0 Å². The standard InChI is InChI=1S/C13H20N2O/c1-15(12-7-8-16-10-12)9-13(14)11-5-3-2-4-6-11/h2-6,12-13H,7-10,14H2,1H3. The van der Waals surface area contributed by atoms with Gasteiger partial charge in [-0.2, -0.15) is 0 Å². The summed E-state index contributed by atoms with van der Waals surface area (Å²) in [6.45, 7) is 2.62. The fourth-order valence-electron chi connectivity index (χ4n) is 2.13. The molecule has 0 radical (unpaired) electrons. The van der Waals surface area contributed by atoms with Crippen molar-refractivity contribution < 1.29 is 4.74 Å². The van der Waals surface area contributed by atoms with Crippen LogP contribution in [0, 0.1) is 0 Å². The highest BCUT2D eigenvalue weighted by Gasteiger charge is 2.21. The second kappa shape index (κ2) is 5.43. The number of rotatable bonds is 4. The van der Waals surface area contributed by atoms with Gasteiger partial charge in [0.15, 0.2) is 0 Å². The summed E-state index contributed by atoms with van der Waals surface area (Å²) in [7, 11) is 2.13. The van der Waals surface area contributed by atoms with Crippen LogP contribution in [-0.4, -0.2) is 37.7 Å². The topological polar surface area (TPSA) is 38.5 Å². The van der Waals surface area contributed by atoms with Crippen molar-refractivity contribution in [3.8, 4) is 0 Å². The van der Waals surface area contributed by atoms with Crippen LogP contribution in [0.5, 0.6) is 0 Å². The van der Waals surface area contributed by atoms with Gasteiger partial charge in [0, 0.05) is 25.2 Å². The van der Waals surface area contributed by atoms with E-state index in [-0.39, 0.29) is 6.04 Å². The summed E-state index contributed by atoms with van der Waals surface area (Å²) in [6, 6.07) is 10.9. The number of likely N-dealkylation sites (N-methyl/N-ethyl adjacent to an activating group) is 1. The van der Waals surface area contributed by atoms with Gasteiger partial charge in [-0.15, -0.1) is 0 Å². The number of nitrogens with two attached hydrogens (primary N) is 1. The average molecular weight is 220 g/mol. The van der Waals surface area contributed by atoms with E-state index in [1.807, 2.05) is 18.2 Å². The summed E-state index contributed by atoms with van der Waals surface area (Å²) in [5.74, 6) is 0. The van der Waals surface area contributed by atoms with Gasteiger partial charge in [-0.3, -0.25) is 4.90 Å². The Morgan fingerprint density at radius 1 is 1.44 bits per heavy atom. The summed E-state index contributed by atoms with van der Waals surface area (Å²) in [5, 5.41) is 0. The molecule has 0 aromatic heterocycles. The van der Waals surface area contributed by atoms with Crippen LogP contribution in [0.3, 0.4) is 0 Å². The van der Waals surface area contributed by atoms with E-state index >= 15 is 0 Å². The molecule has 2 rings (SSSR count). The second-order valence-corrected chi connectivity index (χ2v) is 4.47. The first kappa shape index (κ1) is 11.6. The Labute approximate surface area is 97.2 Å². The maximum atomic E-state index is 6.18. The molecule has 0 amide bonds. The lowest BCUT2D eigenvalue weighted by Crippen LogP contribution is -2.37. The Bertz CT molecular complexity index is 309. The SMILES string of the molecule is CN(CC(N)c1ccccc1)C1CCOC1. The van der Waals surface area contributed by atoms with E-state index in [0.29, 0.717) is 6.04 Å². The summed E-state index contributed by atoms with van der Waals surface area (Å²) >= 11 is 0. The number of nitrogens with zero attached hydrogens (tertiary/aromatic N) is 1. The number of ether oxygens (including phenoxy) is 1. The largest absolute Gasteiger partial charge is 0.380 e. The minimum absolute atomic E-state index is 0.0896. The van der Waals surface area contributed by atoms with Gasteiger partial charge in [-0.25, -0.2) is 0 Å². The lowest BCUT2D eigenvalue weighted by molar-refractivity contribution is 0.156. The van der Waals surface area contributed by atoms with E-state index in [1.54, 1.807) is 0 Å². The molecule has 0 saturated carbocycles. The molecule has 2 N–H and O–H groups in total. The van der Waals surface area contributed by atoms with E-state index in [9.17, 15) is 0 Å². The number of hydrogen-bond donors (Lipinski definition) is 1. The molecule has 3 heteroatoms. The van der Waals surface area contributed by atoms with Crippen LogP contribution in [0.1, 0.15) is 18.0 Å². The minimum Gasteiger partial charge on any atom is -0.380 e. The van der Waals surface area contributed by atoms with Crippen molar-refractivity contribution in [3.05, 3.63) is 35.9 Å². The Hall–Kier alpha value is -0.900. The fourth-order valence-corrected chi connectivity index (χ4v) is 2.13. The Morgan fingerprint density at radius 3 is 2.81 bits per heavy atom. The first-order chi connectivity index (χ1) is 7.77. The molecule has 16 heavy (non-hydrogen) atoms. The average Bonchev–Trinajstić information content (AvgIpc) is 2.83. The fraction of sp³-hybridized carbons (Fsp3) is 0.538. The molecule has 2 atom stereocenters. The molecule has 3 nitrogen and oxygen atoms in total. The van der Waals surface area contributed by atoms with E-state index in [4.69, 9.17) is 10.5 Å². The van der Waals surface area contributed by atoms with E-state index in [1.165, 1.54) is 5.56 Å². The van der Waals surface area contributed by atoms with Gasteiger partial charge >= 0.3 is 0 Å². The van der Waals surface area contributed by atoms with Crippen molar-refractivity contribution >= 4 is 0 Å². The van der Waals surface area contributed by atoms with Crippen LogP contribution in [-0.2, 0) is 4.74 Å². The van der Waals surface area contributed by atoms with E-state index in [2.05, 4.69) is 24.1 Å². The quantitative estimate of drug-likeness (QED) is 0.833. The summed E-state index contributed by atoms with van der Waals surface area (Å²) in [4.78, 5) is 2.31. The van der Waals surface area contributed by atoms with Crippen molar-refractivity contribution in [1.82, 2.24) is 4.90 Å². The molecular formula is C13H20N2O. The lowest BCUT2D eigenvalue weighted by atomic mass is 10.1.